The maximum Gasteiger partial charge on any atom is 0.249 e. The van der Waals surface area contributed by atoms with Crippen molar-refractivity contribution in [1.29, 1.82) is 0 Å². The van der Waals surface area contributed by atoms with Gasteiger partial charge < -0.3 is 50.5 Å². The van der Waals surface area contributed by atoms with Gasteiger partial charge in [-0.2, -0.15) is 0 Å². The Morgan fingerprint density at radius 3 is 1.65 bits per heavy atom. The number of carbonyl (C=O) groups is 1. The van der Waals surface area contributed by atoms with Crippen molar-refractivity contribution in [2.24, 2.45) is 0 Å². The summed E-state index contributed by atoms with van der Waals surface area (Å²) in [7, 11) is 0. The van der Waals surface area contributed by atoms with Crippen LogP contribution in [-0.2, 0) is 14.3 Å². The molecule has 1 saturated heterocycles. The third-order valence-electron chi connectivity index (χ3n) is 10.1. The van der Waals surface area contributed by atoms with Crippen molar-refractivity contribution in [3.8, 4) is 0 Å². The smallest absolute Gasteiger partial charge is 0.249 e. The number of carbonyl (C=O) groups excluding carboxylic acids is 1. The summed E-state index contributed by atoms with van der Waals surface area (Å²) in [5, 5.41) is 75.4. The van der Waals surface area contributed by atoms with Crippen LogP contribution in [0.4, 0.5) is 0 Å². The Bertz CT molecular complexity index is 976. The third-order valence-corrected chi connectivity index (χ3v) is 10.1. The van der Waals surface area contributed by atoms with Gasteiger partial charge in [-0.05, 0) is 77.0 Å². The number of ether oxygens (including phenoxy) is 2. The lowest BCUT2D eigenvalue weighted by Crippen LogP contribution is -2.60. The van der Waals surface area contributed by atoms with Crippen LogP contribution in [0.25, 0.3) is 0 Å². The molecule has 1 rings (SSSR count). The van der Waals surface area contributed by atoms with E-state index in [1.807, 2.05) is 0 Å². The highest BCUT2D eigenvalue weighted by atomic mass is 16.7. The average Bonchev–Trinajstić information content (AvgIpc) is 3.17. The molecule has 11 nitrogen and oxygen atoms in total. The Kier molecular flexibility index (Phi) is 31.2. The number of rotatable bonds is 34. The summed E-state index contributed by atoms with van der Waals surface area (Å²) in [6.45, 7) is 3.35. The fourth-order valence-electron chi connectivity index (χ4n) is 6.51. The largest absolute Gasteiger partial charge is 0.394 e. The highest BCUT2D eigenvalue weighted by Gasteiger charge is 2.44. The third kappa shape index (κ3) is 23.4. The predicted molar refractivity (Wildman–Crippen MR) is 215 cm³/mol. The van der Waals surface area contributed by atoms with E-state index < -0.39 is 74.2 Å². The van der Waals surface area contributed by atoms with Crippen molar-refractivity contribution < 1.29 is 50.0 Å². The molecule has 316 valence electrons. The van der Waals surface area contributed by atoms with Crippen LogP contribution in [0.1, 0.15) is 162 Å². The average molecular weight is 770 g/mol. The standard InChI is InChI=1S/C43H79NO10/c1-3-5-7-9-11-13-15-17-19-21-23-25-27-29-31-36(47)42(52)44-34(33-53-43-41(51)40(50)39(49)37(32-45)54-43)38(48)35(46)30-28-26-24-22-20-18-16-14-12-10-8-6-4-2/h13-16,22,24,34-41,43,45-51H,3-12,17-21,23,25-33H2,1-2H3,(H,44,52)/b15-13-,16-14+,24-22+. The van der Waals surface area contributed by atoms with Crippen LogP contribution >= 0.6 is 0 Å². The van der Waals surface area contributed by atoms with E-state index in [0.717, 1.165) is 64.2 Å². The first kappa shape index (κ1) is 50.3. The zero-order chi connectivity index (χ0) is 39.8. The molecule has 0 aliphatic carbocycles. The molecule has 1 fully saturated rings. The summed E-state index contributed by atoms with van der Waals surface area (Å²) in [6, 6.07) is -1.19. The van der Waals surface area contributed by atoms with E-state index in [-0.39, 0.29) is 12.8 Å². The molecule has 9 atom stereocenters. The van der Waals surface area contributed by atoms with Crippen molar-refractivity contribution in [1.82, 2.24) is 5.32 Å². The van der Waals surface area contributed by atoms with Gasteiger partial charge in [0.1, 0.15) is 36.6 Å². The number of amides is 1. The molecule has 0 bridgehead atoms. The lowest BCUT2D eigenvalue weighted by Gasteiger charge is -2.40. The van der Waals surface area contributed by atoms with E-state index in [2.05, 4.69) is 55.6 Å². The Hall–Kier alpha value is -1.67. The molecule has 0 aromatic heterocycles. The van der Waals surface area contributed by atoms with Gasteiger partial charge in [-0.3, -0.25) is 4.79 Å². The van der Waals surface area contributed by atoms with Crippen molar-refractivity contribution in [3.05, 3.63) is 36.5 Å². The Balaban J connectivity index is 2.55. The van der Waals surface area contributed by atoms with Gasteiger partial charge >= 0.3 is 0 Å². The first-order valence-electron chi connectivity index (χ1n) is 21.4. The topological polar surface area (TPSA) is 189 Å². The summed E-state index contributed by atoms with van der Waals surface area (Å²) < 4.78 is 11.0. The molecule has 1 heterocycles. The molecular formula is C43H79NO10. The molecule has 0 radical (unpaired) electrons. The first-order valence-corrected chi connectivity index (χ1v) is 21.4. The zero-order valence-electron chi connectivity index (χ0n) is 33.7. The minimum absolute atomic E-state index is 0.243. The van der Waals surface area contributed by atoms with Crippen LogP contribution in [0.3, 0.4) is 0 Å². The molecule has 0 aromatic carbocycles. The van der Waals surface area contributed by atoms with E-state index in [9.17, 15) is 40.5 Å². The minimum Gasteiger partial charge on any atom is -0.394 e. The van der Waals surface area contributed by atoms with E-state index >= 15 is 0 Å². The van der Waals surface area contributed by atoms with Crippen LogP contribution in [0, 0.1) is 0 Å². The highest BCUT2D eigenvalue weighted by molar-refractivity contribution is 5.80. The molecule has 0 aromatic rings. The normalized spacial score (nSPS) is 23.0. The Morgan fingerprint density at radius 1 is 0.630 bits per heavy atom. The number of aliphatic hydroxyl groups excluding tert-OH is 7. The van der Waals surface area contributed by atoms with Gasteiger partial charge in [0.05, 0.1) is 25.4 Å². The van der Waals surface area contributed by atoms with Crippen LogP contribution < -0.4 is 5.32 Å². The predicted octanol–water partition coefficient (Wildman–Crippen LogP) is 6.05. The fourth-order valence-corrected chi connectivity index (χ4v) is 6.51. The molecular weight excluding hydrogens is 690 g/mol. The molecule has 9 unspecified atom stereocenters. The lowest BCUT2D eigenvalue weighted by atomic mass is 9.98. The van der Waals surface area contributed by atoms with Gasteiger partial charge in [-0.1, -0.05) is 121 Å². The lowest BCUT2D eigenvalue weighted by molar-refractivity contribution is -0.303. The van der Waals surface area contributed by atoms with Gasteiger partial charge in [0.25, 0.3) is 0 Å². The summed E-state index contributed by atoms with van der Waals surface area (Å²) in [4.78, 5) is 13.0. The van der Waals surface area contributed by atoms with Gasteiger partial charge in [0, 0.05) is 0 Å². The molecule has 8 N–H and O–H groups in total. The van der Waals surface area contributed by atoms with E-state index in [4.69, 9.17) is 9.47 Å². The quantitative estimate of drug-likeness (QED) is 0.0283. The number of nitrogens with one attached hydrogen (secondary N) is 1. The molecule has 1 aliphatic heterocycles. The number of allylic oxidation sites excluding steroid dienone is 6. The van der Waals surface area contributed by atoms with Gasteiger partial charge in [0.15, 0.2) is 6.29 Å². The fraction of sp³-hybridized carbons (Fsp3) is 0.837. The van der Waals surface area contributed by atoms with Crippen LogP contribution in [-0.4, -0.2) is 110 Å². The SMILES string of the molecule is CCCCCC/C=C\CCCCCCCCC(O)C(=O)NC(COC1OC(CO)C(O)C(O)C1O)C(O)C(O)CCC/C=C/CC/C=C/CCCCCC. The Morgan fingerprint density at radius 2 is 1.11 bits per heavy atom. The van der Waals surface area contributed by atoms with Gasteiger partial charge in [-0.15, -0.1) is 0 Å². The minimum atomic E-state index is -1.67. The second-order valence-electron chi connectivity index (χ2n) is 15.0. The van der Waals surface area contributed by atoms with Crippen molar-refractivity contribution in [3.63, 3.8) is 0 Å². The maximum atomic E-state index is 13.0. The maximum absolute atomic E-state index is 13.0. The monoisotopic (exact) mass is 770 g/mol. The number of hydrogen-bond acceptors (Lipinski definition) is 10. The second-order valence-corrected chi connectivity index (χ2v) is 15.0. The van der Waals surface area contributed by atoms with Gasteiger partial charge in [0.2, 0.25) is 5.91 Å². The Labute approximate surface area is 326 Å². The second kappa shape index (κ2) is 33.5. The number of unbranched alkanes of at least 4 members (excludes halogenated alkanes) is 16. The van der Waals surface area contributed by atoms with E-state index in [1.54, 1.807) is 0 Å². The van der Waals surface area contributed by atoms with Gasteiger partial charge in [-0.25, -0.2) is 0 Å². The molecule has 11 heteroatoms. The summed E-state index contributed by atoms with van der Waals surface area (Å²) in [6.07, 6.45) is 24.8. The van der Waals surface area contributed by atoms with Crippen LogP contribution in [0.5, 0.6) is 0 Å². The van der Waals surface area contributed by atoms with Crippen molar-refractivity contribution >= 4 is 5.91 Å². The summed E-state index contributed by atoms with van der Waals surface area (Å²) >= 11 is 0. The molecule has 54 heavy (non-hydrogen) atoms. The molecule has 0 saturated carbocycles. The molecule has 1 amide bonds. The summed E-state index contributed by atoms with van der Waals surface area (Å²) in [5.41, 5.74) is 0. The van der Waals surface area contributed by atoms with E-state index in [0.29, 0.717) is 19.3 Å². The molecule has 1 aliphatic rings. The molecule has 0 spiro atoms. The first-order chi connectivity index (χ1) is 26.2. The van der Waals surface area contributed by atoms with E-state index in [1.165, 1.54) is 51.4 Å². The van der Waals surface area contributed by atoms with Crippen molar-refractivity contribution in [2.75, 3.05) is 13.2 Å². The number of aliphatic hydroxyl groups is 7. The zero-order valence-corrected chi connectivity index (χ0v) is 33.7. The highest BCUT2D eigenvalue weighted by Crippen LogP contribution is 2.23. The van der Waals surface area contributed by atoms with Crippen LogP contribution in [0.15, 0.2) is 36.5 Å². The van der Waals surface area contributed by atoms with Crippen molar-refractivity contribution in [2.45, 2.75) is 217 Å². The van der Waals surface area contributed by atoms with Crippen LogP contribution in [0.2, 0.25) is 0 Å². The summed E-state index contributed by atoms with van der Waals surface area (Å²) in [5.74, 6) is -0.719. The number of hydrogen-bond donors (Lipinski definition) is 8.